The number of aryl methyl sites for hydroxylation is 1. The van der Waals surface area contributed by atoms with Crippen LogP contribution in [0.3, 0.4) is 0 Å². The Bertz CT molecular complexity index is 343. The number of pyridine rings is 1. The predicted molar refractivity (Wildman–Crippen MR) is 78.8 cm³/mol. The fourth-order valence-electron chi connectivity index (χ4n) is 2.41. The molecule has 1 heterocycles. The highest BCUT2D eigenvalue weighted by atomic mass is 127. The van der Waals surface area contributed by atoms with E-state index in [1.54, 1.807) is 0 Å². The molecule has 19 heavy (non-hydrogen) atoms. The van der Waals surface area contributed by atoms with Crippen molar-refractivity contribution in [2.45, 2.75) is 34.1 Å². The number of nitrogens with one attached hydrogen (secondary N) is 1. The lowest BCUT2D eigenvalue weighted by Gasteiger charge is -2.35. The molecule has 0 amide bonds. The first-order chi connectivity index (χ1) is 8.65. The number of hydrogen-bond acceptors (Lipinski definition) is 2. The minimum Gasteiger partial charge on any atom is -1.00 e. The van der Waals surface area contributed by atoms with Gasteiger partial charge in [0.15, 0.2) is 0 Å². The van der Waals surface area contributed by atoms with Crippen molar-refractivity contribution in [3.63, 3.8) is 0 Å². The zero-order valence-electron chi connectivity index (χ0n) is 12.7. The van der Waals surface area contributed by atoms with Crippen LogP contribution in [0, 0.1) is 6.92 Å². The van der Waals surface area contributed by atoms with E-state index in [-0.39, 0.29) is 24.0 Å². The average molecular weight is 377 g/mol. The second-order valence-electron chi connectivity index (χ2n) is 5.01. The molecule has 0 fully saturated rings. The minimum atomic E-state index is 0. The van der Waals surface area contributed by atoms with Crippen molar-refractivity contribution in [2.24, 2.45) is 0 Å². The van der Waals surface area contributed by atoms with Gasteiger partial charge in [0.2, 0.25) is 0 Å². The number of rotatable bonds is 8. The van der Waals surface area contributed by atoms with Gasteiger partial charge in [0.05, 0.1) is 26.2 Å². The van der Waals surface area contributed by atoms with Gasteiger partial charge in [0.1, 0.15) is 5.82 Å². The standard InChI is InChI=1S/C15H28N3.HI/c1-5-18(6-2,7-3)12-8-10-16-15-13-14(4)9-11-17-15;/h9,11,13H,5-8,10,12H2,1-4H3,(H,16,17);1H/q+1;/p-1. The number of aromatic nitrogens is 1. The molecule has 0 radical (unpaired) electrons. The SMILES string of the molecule is CC[N+](CC)(CC)CCCNc1cc(C)ccn1.[I-]. The number of nitrogens with zero attached hydrogens (tertiary/aromatic N) is 2. The predicted octanol–water partition coefficient (Wildman–Crippen LogP) is 0.0725. The van der Waals surface area contributed by atoms with Gasteiger partial charge < -0.3 is 33.8 Å². The Hall–Kier alpha value is -0.360. The summed E-state index contributed by atoms with van der Waals surface area (Å²) >= 11 is 0. The van der Waals surface area contributed by atoms with E-state index in [1.165, 1.54) is 42.6 Å². The van der Waals surface area contributed by atoms with E-state index in [4.69, 9.17) is 0 Å². The van der Waals surface area contributed by atoms with Crippen molar-refractivity contribution < 1.29 is 28.5 Å². The first kappa shape index (κ1) is 18.6. The molecule has 0 atom stereocenters. The van der Waals surface area contributed by atoms with E-state index in [0.717, 1.165) is 12.4 Å². The van der Waals surface area contributed by atoms with Gasteiger partial charge in [-0.3, -0.25) is 0 Å². The molecule has 0 saturated carbocycles. The monoisotopic (exact) mass is 377 g/mol. The summed E-state index contributed by atoms with van der Waals surface area (Å²) in [6.07, 6.45) is 3.06. The van der Waals surface area contributed by atoms with Gasteiger partial charge in [-0.05, 0) is 45.4 Å². The van der Waals surface area contributed by atoms with Crippen LogP contribution in [0.5, 0.6) is 0 Å². The molecule has 0 aliphatic carbocycles. The van der Waals surface area contributed by atoms with Gasteiger partial charge in [0.25, 0.3) is 0 Å². The van der Waals surface area contributed by atoms with Crippen molar-refractivity contribution in [1.29, 1.82) is 0 Å². The van der Waals surface area contributed by atoms with Crippen molar-refractivity contribution in [3.8, 4) is 0 Å². The van der Waals surface area contributed by atoms with Crippen molar-refractivity contribution in [2.75, 3.05) is 38.0 Å². The van der Waals surface area contributed by atoms with Gasteiger partial charge in [0, 0.05) is 19.2 Å². The highest BCUT2D eigenvalue weighted by molar-refractivity contribution is 5.36. The fourth-order valence-corrected chi connectivity index (χ4v) is 2.41. The summed E-state index contributed by atoms with van der Waals surface area (Å²) in [5.74, 6) is 0.998. The van der Waals surface area contributed by atoms with Crippen molar-refractivity contribution in [3.05, 3.63) is 23.9 Å². The molecule has 1 aromatic heterocycles. The van der Waals surface area contributed by atoms with Crippen LogP contribution in [0.25, 0.3) is 0 Å². The summed E-state index contributed by atoms with van der Waals surface area (Å²) in [4.78, 5) is 4.32. The molecule has 0 saturated heterocycles. The lowest BCUT2D eigenvalue weighted by atomic mass is 10.2. The summed E-state index contributed by atoms with van der Waals surface area (Å²) in [6.45, 7) is 14.9. The van der Waals surface area contributed by atoms with Crippen LogP contribution < -0.4 is 29.3 Å². The van der Waals surface area contributed by atoms with Crippen LogP contribution in [0.15, 0.2) is 18.3 Å². The van der Waals surface area contributed by atoms with Gasteiger partial charge in [-0.25, -0.2) is 4.98 Å². The molecule has 0 aliphatic rings. The third-order valence-corrected chi connectivity index (χ3v) is 4.04. The Labute approximate surface area is 135 Å². The maximum atomic E-state index is 4.32. The first-order valence-corrected chi connectivity index (χ1v) is 7.17. The number of quaternary nitrogens is 1. The average Bonchev–Trinajstić information content (AvgIpc) is 2.40. The quantitative estimate of drug-likeness (QED) is 0.394. The van der Waals surface area contributed by atoms with Crippen molar-refractivity contribution in [1.82, 2.24) is 4.98 Å². The molecule has 0 aliphatic heterocycles. The first-order valence-electron chi connectivity index (χ1n) is 7.17. The summed E-state index contributed by atoms with van der Waals surface area (Å²) < 4.78 is 1.23. The highest BCUT2D eigenvalue weighted by Gasteiger charge is 2.19. The smallest absolute Gasteiger partial charge is 0.126 e. The third kappa shape index (κ3) is 6.08. The van der Waals surface area contributed by atoms with E-state index in [2.05, 4.69) is 44.1 Å². The van der Waals surface area contributed by atoms with Crippen LogP contribution in [-0.4, -0.2) is 42.2 Å². The topological polar surface area (TPSA) is 24.9 Å². The van der Waals surface area contributed by atoms with Crippen LogP contribution in [0.1, 0.15) is 32.8 Å². The Balaban J connectivity index is 0.00000324. The zero-order valence-corrected chi connectivity index (χ0v) is 14.9. The molecule has 0 aromatic carbocycles. The molecular formula is C15H28IN3. The molecule has 110 valence electrons. The molecule has 0 spiro atoms. The number of halogens is 1. The van der Waals surface area contributed by atoms with E-state index in [0.29, 0.717) is 0 Å². The maximum absolute atomic E-state index is 4.32. The largest absolute Gasteiger partial charge is 1.00 e. The lowest BCUT2D eigenvalue weighted by Crippen LogP contribution is -3.00. The van der Waals surface area contributed by atoms with Crippen LogP contribution in [0.2, 0.25) is 0 Å². The Kier molecular flexibility index (Phi) is 9.35. The van der Waals surface area contributed by atoms with Gasteiger partial charge in [-0.15, -0.1) is 0 Å². The number of hydrogen-bond donors (Lipinski definition) is 1. The van der Waals surface area contributed by atoms with E-state index < -0.39 is 0 Å². The van der Waals surface area contributed by atoms with Crippen LogP contribution >= 0.6 is 0 Å². The second kappa shape index (κ2) is 9.53. The molecular weight excluding hydrogens is 349 g/mol. The summed E-state index contributed by atoms with van der Waals surface area (Å²) in [7, 11) is 0. The number of anilines is 1. The molecule has 4 heteroatoms. The summed E-state index contributed by atoms with van der Waals surface area (Å²) in [5, 5.41) is 3.41. The van der Waals surface area contributed by atoms with E-state index in [1.807, 2.05) is 12.3 Å². The van der Waals surface area contributed by atoms with Gasteiger partial charge >= 0.3 is 0 Å². The Morgan fingerprint density at radius 2 is 1.79 bits per heavy atom. The molecule has 0 unspecified atom stereocenters. The van der Waals surface area contributed by atoms with Crippen LogP contribution in [0.4, 0.5) is 5.82 Å². The Morgan fingerprint density at radius 3 is 2.32 bits per heavy atom. The molecule has 1 aromatic rings. The minimum absolute atomic E-state index is 0. The fraction of sp³-hybridized carbons (Fsp3) is 0.667. The lowest BCUT2D eigenvalue weighted by molar-refractivity contribution is -0.923. The third-order valence-electron chi connectivity index (χ3n) is 4.04. The molecule has 0 bridgehead atoms. The Morgan fingerprint density at radius 1 is 1.16 bits per heavy atom. The highest BCUT2D eigenvalue weighted by Crippen LogP contribution is 2.08. The van der Waals surface area contributed by atoms with Crippen LogP contribution in [-0.2, 0) is 0 Å². The van der Waals surface area contributed by atoms with Crippen molar-refractivity contribution >= 4 is 5.82 Å². The maximum Gasteiger partial charge on any atom is 0.126 e. The molecule has 1 N–H and O–H groups in total. The molecule has 1 rings (SSSR count). The summed E-state index contributed by atoms with van der Waals surface area (Å²) in [5.41, 5.74) is 1.26. The normalized spacial score (nSPS) is 10.9. The molecule has 3 nitrogen and oxygen atoms in total. The van der Waals surface area contributed by atoms with Gasteiger partial charge in [-0.1, -0.05) is 0 Å². The zero-order chi connectivity index (χ0) is 13.4. The summed E-state index contributed by atoms with van der Waals surface area (Å²) in [6, 6.07) is 4.12. The van der Waals surface area contributed by atoms with E-state index >= 15 is 0 Å². The van der Waals surface area contributed by atoms with Gasteiger partial charge in [-0.2, -0.15) is 0 Å². The second-order valence-corrected chi connectivity index (χ2v) is 5.01. The van der Waals surface area contributed by atoms with E-state index in [9.17, 15) is 0 Å².